The van der Waals surface area contributed by atoms with Crippen molar-refractivity contribution in [1.29, 1.82) is 0 Å². The first-order valence-electron chi connectivity index (χ1n) is 5.87. The largest absolute Gasteiger partial charge is 0.375 e. The number of ether oxygens (including phenoxy) is 1. The lowest BCUT2D eigenvalue weighted by atomic mass is 9.71. The zero-order valence-electron chi connectivity index (χ0n) is 9.01. The molecule has 1 nitrogen and oxygen atoms in total. The molecule has 2 fully saturated rings. The van der Waals surface area contributed by atoms with Crippen molar-refractivity contribution < 1.29 is 4.74 Å². The predicted molar refractivity (Wildman–Crippen MR) is 54.7 cm³/mol. The van der Waals surface area contributed by atoms with Crippen molar-refractivity contribution in [1.82, 2.24) is 0 Å². The van der Waals surface area contributed by atoms with Gasteiger partial charge in [0.1, 0.15) is 0 Å². The molecule has 1 saturated heterocycles. The lowest BCUT2D eigenvalue weighted by Crippen LogP contribution is -2.45. The highest BCUT2D eigenvalue weighted by atomic mass is 16.5. The van der Waals surface area contributed by atoms with Gasteiger partial charge >= 0.3 is 0 Å². The third-order valence-corrected chi connectivity index (χ3v) is 4.19. The standard InChI is InChI=1S/C12H22O/c1-10-5-7-12(8-6-10)11(2)4-3-9-13-12/h10-11H,3-9H2,1-2H3/t10?,11-,12?/m0/s1. The Morgan fingerprint density at radius 3 is 2.38 bits per heavy atom. The molecule has 2 aliphatic rings. The summed E-state index contributed by atoms with van der Waals surface area (Å²) in [7, 11) is 0. The van der Waals surface area contributed by atoms with E-state index in [9.17, 15) is 0 Å². The molecule has 0 bridgehead atoms. The fraction of sp³-hybridized carbons (Fsp3) is 1.00. The van der Waals surface area contributed by atoms with Crippen molar-refractivity contribution in [2.45, 2.75) is 58.0 Å². The summed E-state index contributed by atoms with van der Waals surface area (Å²) in [5.41, 5.74) is 0.296. The lowest BCUT2D eigenvalue weighted by molar-refractivity contribution is -0.138. The molecule has 0 aromatic rings. The molecule has 0 aromatic carbocycles. The van der Waals surface area contributed by atoms with E-state index in [1.54, 1.807) is 0 Å². The first-order valence-corrected chi connectivity index (χ1v) is 5.87. The van der Waals surface area contributed by atoms with Crippen molar-refractivity contribution in [3.63, 3.8) is 0 Å². The summed E-state index contributed by atoms with van der Waals surface area (Å²) < 4.78 is 6.07. The van der Waals surface area contributed by atoms with Gasteiger partial charge in [0.05, 0.1) is 5.60 Å². The maximum Gasteiger partial charge on any atom is 0.0708 e. The molecule has 0 N–H and O–H groups in total. The normalized spacial score (nSPS) is 46.6. The van der Waals surface area contributed by atoms with E-state index in [0.29, 0.717) is 5.60 Å². The monoisotopic (exact) mass is 182 g/mol. The van der Waals surface area contributed by atoms with Gasteiger partial charge in [-0.1, -0.05) is 13.8 Å². The van der Waals surface area contributed by atoms with Crippen LogP contribution in [0.3, 0.4) is 0 Å². The second kappa shape index (κ2) is 3.61. The molecule has 1 aliphatic heterocycles. The number of hydrogen-bond acceptors (Lipinski definition) is 1. The summed E-state index contributed by atoms with van der Waals surface area (Å²) in [6.45, 7) is 5.77. The van der Waals surface area contributed by atoms with Crippen LogP contribution in [-0.2, 0) is 4.74 Å². The Morgan fingerprint density at radius 1 is 1.08 bits per heavy atom. The summed E-state index contributed by atoms with van der Waals surface area (Å²) >= 11 is 0. The molecule has 1 atom stereocenters. The molecule has 0 unspecified atom stereocenters. The summed E-state index contributed by atoms with van der Waals surface area (Å²) in [5, 5.41) is 0. The van der Waals surface area contributed by atoms with Crippen molar-refractivity contribution in [2.24, 2.45) is 11.8 Å². The Kier molecular flexibility index (Phi) is 2.64. The smallest absolute Gasteiger partial charge is 0.0708 e. The van der Waals surface area contributed by atoms with Crippen LogP contribution < -0.4 is 0 Å². The molecule has 1 heterocycles. The van der Waals surface area contributed by atoms with Crippen LogP contribution in [0, 0.1) is 11.8 Å². The number of hydrogen-bond donors (Lipinski definition) is 0. The van der Waals surface area contributed by atoms with Crippen LogP contribution in [0.5, 0.6) is 0 Å². The molecule has 1 saturated carbocycles. The summed E-state index contributed by atoms with van der Waals surface area (Å²) in [6, 6.07) is 0. The van der Waals surface area contributed by atoms with E-state index < -0.39 is 0 Å². The van der Waals surface area contributed by atoms with E-state index in [1.807, 2.05) is 0 Å². The Balaban J connectivity index is 2.01. The van der Waals surface area contributed by atoms with Gasteiger partial charge in [-0.05, 0) is 50.4 Å². The second-order valence-corrected chi connectivity index (χ2v) is 5.14. The maximum absolute atomic E-state index is 6.07. The van der Waals surface area contributed by atoms with E-state index in [4.69, 9.17) is 4.74 Å². The van der Waals surface area contributed by atoms with Gasteiger partial charge in [-0.2, -0.15) is 0 Å². The molecule has 1 spiro atoms. The molecule has 0 aromatic heterocycles. The average Bonchev–Trinajstić information content (AvgIpc) is 2.15. The third-order valence-electron chi connectivity index (χ3n) is 4.19. The zero-order chi connectivity index (χ0) is 9.31. The molecule has 0 amide bonds. The first kappa shape index (κ1) is 9.51. The van der Waals surface area contributed by atoms with E-state index in [-0.39, 0.29) is 0 Å². The molecule has 0 radical (unpaired) electrons. The van der Waals surface area contributed by atoms with Gasteiger partial charge in [-0.25, -0.2) is 0 Å². The topological polar surface area (TPSA) is 9.23 Å². The minimum absolute atomic E-state index is 0.296. The van der Waals surface area contributed by atoms with E-state index >= 15 is 0 Å². The van der Waals surface area contributed by atoms with Crippen LogP contribution in [0.1, 0.15) is 52.4 Å². The van der Waals surface area contributed by atoms with Crippen LogP contribution >= 0.6 is 0 Å². The fourth-order valence-corrected chi connectivity index (χ4v) is 2.96. The quantitative estimate of drug-likeness (QED) is 0.558. The third kappa shape index (κ3) is 1.76. The second-order valence-electron chi connectivity index (χ2n) is 5.14. The highest BCUT2D eigenvalue weighted by molar-refractivity contribution is 4.92. The van der Waals surface area contributed by atoms with Crippen molar-refractivity contribution in [3.8, 4) is 0 Å². The molecule has 1 aliphatic carbocycles. The van der Waals surface area contributed by atoms with Gasteiger partial charge in [0.2, 0.25) is 0 Å². The Morgan fingerprint density at radius 2 is 1.77 bits per heavy atom. The molecular formula is C12H22O. The van der Waals surface area contributed by atoms with Gasteiger partial charge in [-0.15, -0.1) is 0 Å². The van der Waals surface area contributed by atoms with Crippen molar-refractivity contribution in [2.75, 3.05) is 6.61 Å². The van der Waals surface area contributed by atoms with Crippen LogP contribution in [0.25, 0.3) is 0 Å². The fourth-order valence-electron chi connectivity index (χ4n) is 2.96. The predicted octanol–water partition coefficient (Wildman–Crippen LogP) is 3.38. The molecular weight excluding hydrogens is 160 g/mol. The van der Waals surface area contributed by atoms with Crippen LogP contribution in [0.4, 0.5) is 0 Å². The molecule has 2 rings (SSSR count). The minimum Gasteiger partial charge on any atom is -0.375 e. The Bertz CT molecular complexity index is 168. The van der Waals surface area contributed by atoms with Crippen LogP contribution in [0.2, 0.25) is 0 Å². The SMILES string of the molecule is CC1CCC2(CC1)OCCC[C@@H]2C. The Labute approximate surface area is 81.9 Å². The average molecular weight is 182 g/mol. The van der Waals surface area contributed by atoms with Gasteiger partial charge in [0.15, 0.2) is 0 Å². The molecule has 1 heteroatoms. The van der Waals surface area contributed by atoms with Crippen molar-refractivity contribution >= 4 is 0 Å². The van der Waals surface area contributed by atoms with Crippen molar-refractivity contribution in [3.05, 3.63) is 0 Å². The van der Waals surface area contributed by atoms with E-state index in [2.05, 4.69) is 13.8 Å². The molecule has 76 valence electrons. The molecule has 13 heavy (non-hydrogen) atoms. The summed E-state index contributed by atoms with van der Waals surface area (Å²) in [5.74, 6) is 1.73. The minimum atomic E-state index is 0.296. The van der Waals surface area contributed by atoms with Crippen LogP contribution in [0.15, 0.2) is 0 Å². The van der Waals surface area contributed by atoms with Gasteiger partial charge < -0.3 is 4.74 Å². The highest BCUT2D eigenvalue weighted by Gasteiger charge is 2.41. The number of rotatable bonds is 0. The van der Waals surface area contributed by atoms with E-state index in [1.165, 1.54) is 38.5 Å². The Hall–Kier alpha value is -0.0400. The van der Waals surface area contributed by atoms with Gasteiger partial charge in [0, 0.05) is 6.61 Å². The van der Waals surface area contributed by atoms with Crippen LogP contribution in [-0.4, -0.2) is 12.2 Å². The maximum atomic E-state index is 6.07. The van der Waals surface area contributed by atoms with Gasteiger partial charge in [0.25, 0.3) is 0 Å². The summed E-state index contributed by atoms with van der Waals surface area (Å²) in [4.78, 5) is 0. The van der Waals surface area contributed by atoms with E-state index in [0.717, 1.165) is 18.4 Å². The van der Waals surface area contributed by atoms with Gasteiger partial charge in [-0.3, -0.25) is 0 Å². The zero-order valence-corrected chi connectivity index (χ0v) is 9.01. The lowest BCUT2D eigenvalue weighted by Gasteiger charge is -2.46. The highest BCUT2D eigenvalue weighted by Crippen LogP contribution is 2.43. The first-order chi connectivity index (χ1) is 6.23. The summed E-state index contributed by atoms with van der Waals surface area (Å²) in [6.07, 6.45) is 8.05.